The van der Waals surface area contributed by atoms with Gasteiger partial charge in [-0.1, -0.05) is 20.8 Å². The zero-order valence-corrected chi connectivity index (χ0v) is 13.4. The highest BCUT2D eigenvalue weighted by atomic mass is 32.2. The molecule has 0 radical (unpaired) electrons. The van der Waals surface area contributed by atoms with Gasteiger partial charge in [0.25, 0.3) is 0 Å². The summed E-state index contributed by atoms with van der Waals surface area (Å²) in [4.78, 5) is 0. The summed E-state index contributed by atoms with van der Waals surface area (Å²) >= 11 is 1.96. The Morgan fingerprint density at radius 2 is 1.53 bits per heavy atom. The lowest BCUT2D eigenvalue weighted by Gasteiger charge is -2.38. The molecule has 102 valence electrons. The van der Waals surface area contributed by atoms with E-state index in [1.54, 1.807) is 0 Å². The summed E-state index contributed by atoms with van der Waals surface area (Å²) in [5.74, 6) is 0.925. The molecule has 0 bridgehead atoms. The van der Waals surface area contributed by atoms with Crippen LogP contribution in [0.5, 0.6) is 0 Å². The minimum absolute atomic E-state index is 0.376. The predicted octanol–water partition coefficient (Wildman–Crippen LogP) is 4.32. The van der Waals surface area contributed by atoms with Gasteiger partial charge in [-0.15, -0.1) is 0 Å². The maximum absolute atomic E-state index is 3.76. The van der Waals surface area contributed by atoms with Crippen molar-refractivity contribution in [2.24, 2.45) is 11.3 Å². The van der Waals surface area contributed by atoms with Gasteiger partial charge in [-0.25, -0.2) is 0 Å². The maximum atomic E-state index is 3.76. The first kappa shape index (κ1) is 15.4. The molecule has 1 nitrogen and oxygen atoms in total. The number of hydrogen-bond acceptors (Lipinski definition) is 2. The van der Waals surface area contributed by atoms with E-state index in [-0.39, 0.29) is 0 Å². The van der Waals surface area contributed by atoms with Gasteiger partial charge in [-0.2, -0.15) is 11.8 Å². The molecular weight excluding hydrogens is 226 g/mol. The third-order valence-corrected chi connectivity index (χ3v) is 5.57. The van der Waals surface area contributed by atoms with Crippen molar-refractivity contribution in [2.45, 2.75) is 71.1 Å². The van der Waals surface area contributed by atoms with Gasteiger partial charge in [0, 0.05) is 17.3 Å². The molecule has 0 aliphatic heterocycles. The molecule has 0 amide bonds. The third-order valence-electron chi connectivity index (χ3n) is 4.32. The van der Waals surface area contributed by atoms with Crippen LogP contribution in [-0.2, 0) is 0 Å². The summed E-state index contributed by atoms with van der Waals surface area (Å²) in [5.41, 5.74) is 0.503. The van der Waals surface area contributed by atoms with E-state index in [4.69, 9.17) is 0 Å². The van der Waals surface area contributed by atoms with Gasteiger partial charge >= 0.3 is 0 Å². The van der Waals surface area contributed by atoms with E-state index < -0.39 is 0 Å². The van der Waals surface area contributed by atoms with Crippen molar-refractivity contribution in [3.8, 4) is 0 Å². The van der Waals surface area contributed by atoms with Gasteiger partial charge in [-0.3, -0.25) is 0 Å². The fourth-order valence-corrected chi connectivity index (χ4v) is 2.85. The van der Waals surface area contributed by atoms with Gasteiger partial charge in [0.15, 0.2) is 0 Å². The van der Waals surface area contributed by atoms with Crippen LogP contribution in [0.4, 0.5) is 0 Å². The molecule has 1 aliphatic rings. The molecule has 0 aromatic rings. The van der Waals surface area contributed by atoms with Gasteiger partial charge in [-0.05, 0) is 57.1 Å². The molecule has 0 atom stereocenters. The second-order valence-corrected chi connectivity index (χ2v) is 8.77. The summed E-state index contributed by atoms with van der Waals surface area (Å²) in [6, 6.07) is 0.764. The van der Waals surface area contributed by atoms with Crippen molar-refractivity contribution < 1.29 is 0 Å². The van der Waals surface area contributed by atoms with E-state index in [0.717, 1.165) is 18.5 Å². The van der Waals surface area contributed by atoms with Crippen molar-refractivity contribution in [2.75, 3.05) is 12.8 Å². The molecule has 0 heterocycles. The standard InChI is InChI=1S/C15H31NS/c1-14(2,3)12-7-9-13(10-8-12)16-11-15(4,5)17-6/h12-13,16H,7-11H2,1-6H3. The van der Waals surface area contributed by atoms with E-state index in [0.29, 0.717) is 10.2 Å². The first-order valence-corrected chi connectivity index (χ1v) is 8.25. The SMILES string of the molecule is CSC(C)(C)CNC1CCC(C(C)(C)C)CC1. The normalized spacial score (nSPS) is 27.2. The number of rotatable bonds is 4. The van der Waals surface area contributed by atoms with Crippen LogP contribution >= 0.6 is 11.8 Å². The Morgan fingerprint density at radius 1 is 1.00 bits per heavy atom. The third kappa shape index (κ3) is 5.21. The molecule has 1 aliphatic carbocycles. The Balaban J connectivity index is 2.29. The van der Waals surface area contributed by atoms with Gasteiger partial charge in [0.2, 0.25) is 0 Å². The van der Waals surface area contributed by atoms with Crippen LogP contribution in [0.2, 0.25) is 0 Å². The molecule has 1 rings (SSSR count). The Bertz CT molecular complexity index is 222. The fourth-order valence-electron chi connectivity index (χ4n) is 2.63. The Morgan fingerprint density at radius 3 is 1.94 bits per heavy atom. The van der Waals surface area contributed by atoms with Crippen LogP contribution in [0.25, 0.3) is 0 Å². The molecule has 2 heteroatoms. The topological polar surface area (TPSA) is 12.0 Å². The lowest BCUT2D eigenvalue weighted by atomic mass is 9.71. The Kier molecular flexibility index (Phi) is 5.39. The van der Waals surface area contributed by atoms with E-state index >= 15 is 0 Å². The van der Waals surface area contributed by atoms with Gasteiger partial charge in [0.1, 0.15) is 0 Å². The highest BCUT2D eigenvalue weighted by Gasteiger charge is 2.30. The van der Waals surface area contributed by atoms with E-state index in [1.165, 1.54) is 25.7 Å². The second-order valence-electron chi connectivity index (χ2n) is 7.26. The molecular formula is C15H31NS. The largest absolute Gasteiger partial charge is 0.313 e. The molecule has 17 heavy (non-hydrogen) atoms. The fraction of sp³-hybridized carbons (Fsp3) is 1.00. The lowest BCUT2D eigenvalue weighted by molar-refractivity contribution is 0.159. The van der Waals surface area contributed by atoms with Crippen molar-refractivity contribution >= 4 is 11.8 Å². The lowest BCUT2D eigenvalue weighted by Crippen LogP contribution is -2.41. The molecule has 0 aromatic heterocycles. The monoisotopic (exact) mass is 257 g/mol. The number of hydrogen-bond donors (Lipinski definition) is 1. The average molecular weight is 257 g/mol. The van der Waals surface area contributed by atoms with Crippen molar-refractivity contribution in [3.63, 3.8) is 0 Å². The quantitative estimate of drug-likeness (QED) is 0.805. The predicted molar refractivity (Wildman–Crippen MR) is 80.8 cm³/mol. The van der Waals surface area contributed by atoms with Crippen molar-refractivity contribution in [3.05, 3.63) is 0 Å². The maximum Gasteiger partial charge on any atom is 0.0225 e. The molecule has 0 aromatic carbocycles. The van der Waals surface area contributed by atoms with Crippen LogP contribution in [0.3, 0.4) is 0 Å². The second kappa shape index (κ2) is 5.97. The first-order valence-electron chi connectivity index (χ1n) is 7.03. The van der Waals surface area contributed by atoms with Crippen LogP contribution < -0.4 is 5.32 Å². The zero-order chi connectivity index (χ0) is 13.1. The number of thioether (sulfide) groups is 1. The van der Waals surface area contributed by atoms with Crippen LogP contribution in [0.15, 0.2) is 0 Å². The summed E-state index contributed by atoms with van der Waals surface area (Å²) < 4.78 is 0.376. The number of nitrogens with one attached hydrogen (secondary N) is 1. The highest BCUT2D eigenvalue weighted by Crippen LogP contribution is 2.37. The smallest absolute Gasteiger partial charge is 0.0225 e. The summed E-state index contributed by atoms with van der Waals surface area (Å²) in [6.07, 6.45) is 7.75. The van der Waals surface area contributed by atoms with Gasteiger partial charge in [0.05, 0.1) is 0 Å². The van der Waals surface area contributed by atoms with Gasteiger partial charge < -0.3 is 5.32 Å². The van der Waals surface area contributed by atoms with Crippen molar-refractivity contribution in [1.82, 2.24) is 5.32 Å². The highest BCUT2D eigenvalue weighted by molar-refractivity contribution is 7.99. The van der Waals surface area contributed by atoms with E-state index in [2.05, 4.69) is 46.2 Å². The van der Waals surface area contributed by atoms with Crippen molar-refractivity contribution in [1.29, 1.82) is 0 Å². The zero-order valence-electron chi connectivity index (χ0n) is 12.6. The Hall–Kier alpha value is 0.310. The summed E-state index contributed by atoms with van der Waals surface area (Å²) in [5, 5.41) is 3.76. The molecule has 1 saturated carbocycles. The first-order chi connectivity index (χ1) is 7.74. The summed E-state index contributed by atoms with van der Waals surface area (Å²) in [6.45, 7) is 13.0. The van der Waals surface area contributed by atoms with Crippen LogP contribution in [0, 0.1) is 11.3 Å². The van der Waals surface area contributed by atoms with E-state index in [9.17, 15) is 0 Å². The summed E-state index contributed by atoms with van der Waals surface area (Å²) in [7, 11) is 0. The molecule has 1 N–H and O–H groups in total. The minimum atomic E-state index is 0.376. The van der Waals surface area contributed by atoms with Crippen LogP contribution in [-0.4, -0.2) is 23.6 Å². The minimum Gasteiger partial charge on any atom is -0.313 e. The molecule has 0 unspecified atom stereocenters. The molecule has 1 fully saturated rings. The molecule has 0 spiro atoms. The van der Waals surface area contributed by atoms with Crippen LogP contribution in [0.1, 0.15) is 60.3 Å². The van der Waals surface area contributed by atoms with E-state index in [1.807, 2.05) is 11.8 Å². The average Bonchev–Trinajstić information content (AvgIpc) is 2.26. The Labute approximate surface area is 113 Å². The molecule has 0 saturated heterocycles.